The number of fused-ring (bicyclic) bond motifs is 1. The summed E-state index contributed by atoms with van der Waals surface area (Å²) in [6.45, 7) is 1.92. The number of rotatable bonds is 3. The molecule has 3 aromatic rings. The van der Waals surface area contributed by atoms with Crippen molar-refractivity contribution in [3.05, 3.63) is 57.3 Å². The van der Waals surface area contributed by atoms with Crippen molar-refractivity contribution in [3.63, 3.8) is 0 Å². The highest BCUT2D eigenvalue weighted by molar-refractivity contribution is 7.10. The Morgan fingerprint density at radius 2 is 2.23 bits per heavy atom. The van der Waals surface area contributed by atoms with E-state index in [-0.39, 0.29) is 17.6 Å². The Hall–Kier alpha value is -2.67. The molecule has 2 heterocycles. The van der Waals surface area contributed by atoms with Crippen LogP contribution in [0.4, 0.5) is 10.5 Å². The standard InChI is InChI=1S/C15H14N4O2S/c1-9(13-3-2-6-22-13)18-15(21)19-10-4-5-12-11(7-10)14(20)17-8-16-12/h2-9H,1H3,(H,16,17,20)(H2,18,19,21)/t9-/m1/s1. The Kier molecular flexibility index (Phi) is 3.88. The van der Waals surface area contributed by atoms with Crippen LogP contribution in [0, 0.1) is 0 Å². The first-order valence-electron chi connectivity index (χ1n) is 6.72. The highest BCUT2D eigenvalue weighted by atomic mass is 32.1. The summed E-state index contributed by atoms with van der Waals surface area (Å²) in [4.78, 5) is 31.4. The summed E-state index contributed by atoms with van der Waals surface area (Å²) in [7, 11) is 0. The van der Waals surface area contributed by atoms with Crippen molar-refractivity contribution >= 4 is 34.0 Å². The number of anilines is 1. The summed E-state index contributed by atoms with van der Waals surface area (Å²) >= 11 is 1.59. The second-order valence-corrected chi connectivity index (χ2v) is 5.78. The van der Waals surface area contributed by atoms with Crippen LogP contribution in [0.2, 0.25) is 0 Å². The van der Waals surface area contributed by atoms with Gasteiger partial charge in [-0.25, -0.2) is 9.78 Å². The second kappa shape index (κ2) is 5.98. The number of thiophene rings is 1. The minimum atomic E-state index is -0.319. The van der Waals surface area contributed by atoms with Gasteiger partial charge in [0, 0.05) is 10.6 Å². The lowest BCUT2D eigenvalue weighted by Crippen LogP contribution is -2.30. The predicted molar refractivity (Wildman–Crippen MR) is 87.3 cm³/mol. The Bertz CT molecular complexity index is 857. The van der Waals surface area contributed by atoms with Crippen LogP contribution in [0.1, 0.15) is 17.8 Å². The number of hydrogen-bond donors (Lipinski definition) is 3. The Morgan fingerprint density at radius 3 is 3.00 bits per heavy atom. The van der Waals surface area contributed by atoms with Crippen molar-refractivity contribution in [2.24, 2.45) is 0 Å². The second-order valence-electron chi connectivity index (χ2n) is 4.80. The topological polar surface area (TPSA) is 86.9 Å². The molecule has 0 aliphatic rings. The fourth-order valence-electron chi connectivity index (χ4n) is 2.12. The summed E-state index contributed by atoms with van der Waals surface area (Å²) in [6.07, 6.45) is 1.35. The quantitative estimate of drug-likeness (QED) is 0.694. The zero-order valence-electron chi connectivity index (χ0n) is 11.8. The number of urea groups is 1. The van der Waals surface area contributed by atoms with Gasteiger partial charge in [-0.1, -0.05) is 6.07 Å². The van der Waals surface area contributed by atoms with E-state index in [1.54, 1.807) is 29.5 Å². The average molecular weight is 314 g/mol. The van der Waals surface area contributed by atoms with Crippen LogP contribution in [0.3, 0.4) is 0 Å². The van der Waals surface area contributed by atoms with E-state index in [9.17, 15) is 9.59 Å². The minimum absolute atomic E-state index is 0.0782. The first-order chi connectivity index (χ1) is 10.6. The van der Waals surface area contributed by atoms with E-state index in [4.69, 9.17) is 0 Å². The molecule has 0 spiro atoms. The molecule has 6 nitrogen and oxygen atoms in total. The van der Waals surface area contributed by atoms with Crippen molar-refractivity contribution in [1.82, 2.24) is 15.3 Å². The minimum Gasteiger partial charge on any atom is -0.331 e. The SMILES string of the molecule is C[C@@H](NC(=O)Nc1ccc2nc[nH]c(=O)c2c1)c1cccs1. The van der Waals surface area contributed by atoms with E-state index < -0.39 is 0 Å². The number of benzene rings is 1. The van der Waals surface area contributed by atoms with Gasteiger partial charge in [-0.3, -0.25) is 4.79 Å². The molecular weight excluding hydrogens is 300 g/mol. The van der Waals surface area contributed by atoms with E-state index in [0.717, 1.165) is 4.88 Å². The third-order valence-electron chi connectivity index (χ3n) is 3.22. The largest absolute Gasteiger partial charge is 0.331 e. The summed E-state index contributed by atoms with van der Waals surface area (Å²) < 4.78 is 0. The summed E-state index contributed by atoms with van der Waals surface area (Å²) in [6, 6.07) is 8.53. The van der Waals surface area contributed by atoms with Gasteiger partial charge >= 0.3 is 6.03 Å². The van der Waals surface area contributed by atoms with E-state index in [0.29, 0.717) is 16.6 Å². The molecule has 0 radical (unpaired) electrons. The molecule has 1 atom stereocenters. The van der Waals surface area contributed by atoms with Gasteiger partial charge in [0.05, 0.1) is 23.3 Å². The fourth-order valence-corrected chi connectivity index (χ4v) is 2.85. The van der Waals surface area contributed by atoms with Gasteiger partial charge in [-0.2, -0.15) is 0 Å². The van der Waals surface area contributed by atoms with E-state index in [1.165, 1.54) is 6.33 Å². The Labute approximate surface area is 130 Å². The molecule has 3 rings (SSSR count). The van der Waals surface area contributed by atoms with Gasteiger partial charge in [0.1, 0.15) is 0 Å². The average Bonchev–Trinajstić information content (AvgIpc) is 3.02. The van der Waals surface area contributed by atoms with Gasteiger partial charge < -0.3 is 15.6 Å². The van der Waals surface area contributed by atoms with Crippen LogP contribution >= 0.6 is 11.3 Å². The van der Waals surface area contributed by atoms with Gasteiger partial charge in [0.2, 0.25) is 0 Å². The van der Waals surface area contributed by atoms with Crippen LogP contribution in [-0.2, 0) is 0 Å². The van der Waals surface area contributed by atoms with Crippen molar-refractivity contribution in [2.45, 2.75) is 13.0 Å². The van der Waals surface area contributed by atoms with Crippen LogP contribution in [0.15, 0.2) is 46.8 Å². The number of hydrogen-bond acceptors (Lipinski definition) is 4. The lowest BCUT2D eigenvalue weighted by atomic mass is 10.2. The molecule has 0 saturated carbocycles. The van der Waals surface area contributed by atoms with Gasteiger partial charge in [-0.05, 0) is 36.6 Å². The number of carbonyl (C=O) groups is 1. The molecule has 112 valence electrons. The third kappa shape index (κ3) is 2.99. The normalized spacial score (nSPS) is 12.0. The van der Waals surface area contributed by atoms with E-state index >= 15 is 0 Å². The van der Waals surface area contributed by atoms with Gasteiger partial charge in [-0.15, -0.1) is 11.3 Å². The van der Waals surface area contributed by atoms with Crippen molar-refractivity contribution in [1.29, 1.82) is 0 Å². The smallest absolute Gasteiger partial charge is 0.319 e. The molecule has 0 aliphatic carbocycles. The molecular formula is C15H14N4O2S. The van der Waals surface area contributed by atoms with E-state index in [2.05, 4.69) is 20.6 Å². The van der Waals surface area contributed by atoms with Crippen LogP contribution in [-0.4, -0.2) is 16.0 Å². The fraction of sp³-hybridized carbons (Fsp3) is 0.133. The molecule has 0 unspecified atom stereocenters. The van der Waals surface area contributed by atoms with Gasteiger partial charge in [0.15, 0.2) is 0 Å². The van der Waals surface area contributed by atoms with Crippen LogP contribution in [0.25, 0.3) is 10.9 Å². The molecule has 0 aliphatic heterocycles. The molecule has 2 aromatic heterocycles. The lowest BCUT2D eigenvalue weighted by Gasteiger charge is -2.13. The van der Waals surface area contributed by atoms with Crippen molar-refractivity contribution in [3.8, 4) is 0 Å². The number of carbonyl (C=O) groups excluding carboxylic acids is 1. The third-order valence-corrected chi connectivity index (χ3v) is 4.27. The highest BCUT2D eigenvalue weighted by Gasteiger charge is 2.10. The molecule has 1 aromatic carbocycles. The van der Waals surface area contributed by atoms with Gasteiger partial charge in [0.25, 0.3) is 5.56 Å². The Balaban J connectivity index is 1.74. The monoisotopic (exact) mass is 314 g/mol. The number of aromatic amines is 1. The number of aromatic nitrogens is 2. The zero-order chi connectivity index (χ0) is 15.5. The molecule has 3 N–H and O–H groups in total. The molecule has 0 saturated heterocycles. The first kappa shape index (κ1) is 14.3. The summed E-state index contributed by atoms with van der Waals surface area (Å²) in [5.74, 6) is 0. The number of nitrogens with zero attached hydrogens (tertiary/aromatic N) is 1. The molecule has 7 heteroatoms. The molecule has 0 fully saturated rings. The van der Waals surface area contributed by atoms with Crippen molar-refractivity contribution < 1.29 is 4.79 Å². The maximum absolute atomic E-state index is 12.0. The first-order valence-corrected chi connectivity index (χ1v) is 7.60. The summed E-state index contributed by atoms with van der Waals surface area (Å²) in [5, 5.41) is 7.98. The molecule has 2 amide bonds. The van der Waals surface area contributed by atoms with Crippen LogP contribution in [0.5, 0.6) is 0 Å². The van der Waals surface area contributed by atoms with E-state index in [1.807, 2.05) is 24.4 Å². The molecule has 22 heavy (non-hydrogen) atoms. The predicted octanol–water partition coefficient (Wildman–Crippen LogP) is 2.87. The number of H-pyrrole nitrogens is 1. The molecule has 0 bridgehead atoms. The number of amides is 2. The maximum Gasteiger partial charge on any atom is 0.319 e. The maximum atomic E-state index is 12.0. The highest BCUT2D eigenvalue weighted by Crippen LogP contribution is 2.18. The van der Waals surface area contributed by atoms with Crippen LogP contribution < -0.4 is 16.2 Å². The zero-order valence-corrected chi connectivity index (χ0v) is 12.6. The lowest BCUT2D eigenvalue weighted by molar-refractivity contribution is 0.249. The number of nitrogens with one attached hydrogen (secondary N) is 3. The Morgan fingerprint density at radius 1 is 1.36 bits per heavy atom. The summed E-state index contributed by atoms with van der Waals surface area (Å²) in [5.41, 5.74) is 0.893. The van der Waals surface area contributed by atoms with Crippen molar-refractivity contribution in [2.75, 3.05) is 5.32 Å².